The summed E-state index contributed by atoms with van der Waals surface area (Å²) < 4.78 is 31.9. The van der Waals surface area contributed by atoms with Crippen LogP contribution in [0.1, 0.15) is 32.6 Å². The molecule has 1 rings (SSSR count). The van der Waals surface area contributed by atoms with Crippen molar-refractivity contribution >= 4 is 10.1 Å². The first-order valence-corrected chi connectivity index (χ1v) is 5.44. The average molecular weight is 216 g/mol. The molecular formula is C7H13NaO4S. The van der Waals surface area contributed by atoms with E-state index in [0.717, 1.165) is 19.8 Å². The van der Waals surface area contributed by atoms with Crippen molar-refractivity contribution in [1.82, 2.24) is 0 Å². The Kier molecular flexibility index (Phi) is 4.90. The maximum Gasteiger partial charge on any atom is 1.00 e. The van der Waals surface area contributed by atoms with Gasteiger partial charge in [0.05, 0.1) is 0 Å². The molecule has 6 heteroatoms. The molecule has 0 aromatic rings. The van der Waals surface area contributed by atoms with Gasteiger partial charge >= 0.3 is 29.6 Å². The maximum atomic E-state index is 10.6. The second-order valence-corrected chi connectivity index (χ2v) is 5.22. The van der Waals surface area contributed by atoms with Crippen LogP contribution >= 0.6 is 0 Å². The number of aliphatic hydroxyl groups is 1. The zero-order valence-electron chi connectivity index (χ0n) is 7.99. The molecule has 0 aromatic heterocycles. The van der Waals surface area contributed by atoms with Gasteiger partial charge in [0.2, 0.25) is 0 Å². The van der Waals surface area contributed by atoms with Crippen molar-refractivity contribution in [2.45, 2.75) is 37.5 Å². The molecule has 1 unspecified atom stereocenters. The van der Waals surface area contributed by atoms with Gasteiger partial charge in [0.1, 0.15) is 10.1 Å². The Hall–Kier alpha value is 0.870. The Labute approximate surface area is 101 Å². The van der Waals surface area contributed by atoms with Gasteiger partial charge in [-0.25, -0.2) is 8.42 Å². The minimum Gasteiger partial charge on any atom is -0.746 e. The SMILES string of the molecule is CC(O)(C1CCCC1)S(=O)(=O)[O-].[Na+]. The standard InChI is InChI=1S/C7H14O4S.Na/c1-7(8,12(9,10)11)6-4-2-3-5-6;/h6,8H,2-5H2,1H3,(H,9,10,11);/q;+1/p-1. The van der Waals surface area contributed by atoms with Crippen LogP contribution in [0.4, 0.5) is 0 Å². The molecule has 1 saturated carbocycles. The van der Waals surface area contributed by atoms with Gasteiger partial charge in [-0.05, 0) is 19.8 Å². The minimum atomic E-state index is -4.58. The third-order valence-corrected chi connectivity index (χ3v) is 3.96. The topological polar surface area (TPSA) is 77.4 Å². The van der Waals surface area contributed by atoms with Crippen LogP contribution in [0.5, 0.6) is 0 Å². The van der Waals surface area contributed by atoms with Crippen molar-refractivity contribution < 1.29 is 47.6 Å². The van der Waals surface area contributed by atoms with E-state index in [9.17, 15) is 18.1 Å². The third-order valence-electron chi connectivity index (χ3n) is 2.62. The van der Waals surface area contributed by atoms with Crippen LogP contribution in [0, 0.1) is 5.92 Å². The molecule has 0 bridgehead atoms. The molecule has 4 nitrogen and oxygen atoms in total. The quantitative estimate of drug-likeness (QED) is 0.407. The predicted octanol–water partition coefficient (Wildman–Crippen LogP) is -2.57. The Morgan fingerprint density at radius 2 is 1.77 bits per heavy atom. The van der Waals surface area contributed by atoms with E-state index < -0.39 is 15.1 Å². The summed E-state index contributed by atoms with van der Waals surface area (Å²) in [6.07, 6.45) is 3.07. The first-order valence-electron chi connectivity index (χ1n) is 4.03. The monoisotopic (exact) mass is 216 g/mol. The molecule has 72 valence electrons. The van der Waals surface area contributed by atoms with Gasteiger partial charge in [-0.1, -0.05) is 12.8 Å². The predicted molar refractivity (Wildman–Crippen MR) is 42.3 cm³/mol. The molecule has 0 aromatic carbocycles. The van der Waals surface area contributed by atoms with Crippen LogP contribution in [0.25, 0.3) is 0 Å². The zero-order valence-corrected chi connectivity index (χ0v) is 10.8. The van der Waals surface area contributed by atoms with Gasteiger partial charge < -0.3 is 9.66 Å². The van der Waals surface area contributed by atoms with E-state index >= 15 is 0 Å². The summed E-state index contributed by atoms with van der Waals surface area (Å²) in [6.45, 7) is 1.10. The molecule has 0 spiro atoms. The van der Waals surface area contributed by atoms with E-state index in [0.29, 0.717) is 12.8 Å². The second kappa shape index (κ2) is 4.59. The molecule has 0 aliphatic heterocycles. The van der Waals surface area contributed by atoms with E-state index in [1.165, 1.54) is 0 Å². The van der Waals surface area contributed by atoms with Crippen molar-refractivity contribution in [1.29, 1.82) is 0 Å². The Bertz CT molecular complexity index is 254. The van der Waals surface area contributed by atoms with Crippen molar-refractivity contribution in [2.75, 3.05) is 0 Å². The second-order valence-electron chi connectivity index (χ2n) is 3.49. The number of hydrogen-bond acceptors (Lipinski definition) is 4. The molecule has 0 saturated heterocycles. The van der Waals surface area contributed by atoms with Crippen LogP contribution in [0.2, 0.25) is 0 Å². The molecule has 1 atom stereocenters. The van der Waals surface area contributed by atoms with Crippen LogP contribution < -0.4 is 29.6 Å². The van der Waals surface area contributed by atoms with E-state index in [1.807, 2.05) is 0 Å². The Morgan fingerprint density at radius 3 is 2.08 bits per heavy atom. The summed E-state index contributed by atoms with van der Waals surface area (Å²) in [5.41, 5.74) is 0. The van der Waals surface area contributed by atoms with Crippen LogP contribution in [0.3, 0.4) is 0 Å². The first kappa shape index (κ1) is 13.9. The molecule has 1 N–H and O–H groups in total. The van der Waals surface area contributed by atoms with Gasteiger partial charge in [0.15, 0.2) is 4.93 Å². The van der Waals surface area contributed by atoms with Gasteiger partial charge in [0, 0.05) is 5.92 Å². The van der Waals surface area contributed by atoms with Gasteiger partial charge in [-0.2, -0.15) is 0 Å². The molecular weight excluding hydrogens is 203 g/mol. The molecule has 0 heterocycles. The van der Waals surface area contributed by atoms with Gasteiger partial charge in [0.25, 0.3) is 0 Å². The Morgan fingerprint density at radius 1 is 1.38 bits per heavy atom. The van der Waals surface area contributed by atoms with E-state index in [2.05, 4.69) is 0 Å². The largest absolute Gasteiger partial charge is 1.00 e. The number of rotatable bonds is 2. The van der Waals surface area contributed by atoms with Crippen molar-refractivity contribution in [3.05, 3.63) is 0 Å². The first-order chi connectivity index (χ1) is 5.36. The van der Waals surface area contributed by atoms with Crippen molar-refractivity contribution in [2.24, 2.45) is 5.92 Å². The molecule has 1 aliphatic carbocycles. The van der Waals surface area contributed by atoms with Crippen molar-refractivity contribution in [3.8, 4) is 0 Å². The fourth-order valence-corrected chi connectivity index (χ4v) is 2.31. The summed E-state index contributed by atoms with van der Waals surface area (Å²) in [6, 6.07) is 0. The van der Waals surface area contributed by atoms with Gasteiger partial charge in [-0.3, -0.25) is 0 Å². The third kappa shape index (κ3) is 2.91. The fraction of sp³-hybridized carbons (Fsp3) is 1.00. The summed E-state index contributed by atoms with van der Waals surface area (Å²) in [5, 5.41) is 9.45. The summed E-state index contributed by atoms with van der Waals surface area (Å²) >= 11 is 0. The van der Waals surface area contributed by atoms with Crippen molar-refractivity contribution in [3.63, 3.8) is 0 Å². The molecule has 13 heavy (non-hydrogen) atoms. The van der Waals surface area contributed by atoms with E-state index in [4.69, 9.17) is 0 Å². The van der Waals surface area contributed by atoms with Crippen LogP contribution in [-0.4, -0.2) is 23.0 Å². The van der Waals surface area contributed by atoms with E-state index in [-0.39, 0.29) is 35.5 Å². The fourth-order valence-electron chi connectivity index (χ4n) is 1.67. The average Bonchev–Trinajstić information content (AvgIpc) is 2.34. The Balaban J connectivity index is 0.00000144. The summed E-state index contributed by atoms with van der Waals surface area (Å²) in [5.74, 6) is -0.375. The summed E-state index contributed by atoms with van der Waals surface area (Å²) in [4.78, 5) is -2.07. The molecule has 0 amide bonds. The smallest absolute Gasteiger partial charge is 0.746 e. The molecule has 0 radical (unpaired) electrons. The molecule has 1 aliphatic rings. The zero-order chi connectivity index (χ0) is 9.41. The van der Waals surface area contributed by atoms with Gasteiger partial charge in [-0.15, -0.1) is 0 Å². The van der Waals surface area contributed by atoms with Crippen LogP contribution in [-0.2, 0) is 10.1 Å². The van der Waals surface area contributed by atoms with Crippen LogP contribution in [0.15, 0.2) is 0 Å². The number of hydrogen-bond donors (Lipinski definition) is 1. The summed E-state index contributed by atoms with van der Waals surface area (Å²) in [7, 11) is -4.58. The maximum absolute atomic E-state index is 10.6. The minimum absolute atomic E-state index is 0. The molecule has 1 fully saturated rings. The van der Waals surface area contributed by atoms with E-state index in [1.54, 1.807) is 0 Å². The normalized spacial score (nSPS) is 23.6.